The van der Waals surface area contributed by atoms with E-state index in [1.165, 1.54) is 4.57 Å². The van der Waals surface area contributed by atoms with Gasteiger partial charge in [-0.3, -0.25) is 14.4 Å². The van der Waals surface area contributed by atoms with Gasteiger partial charge in [-0.15, -0.1) is 0 Å². The molecule has 1 amide bonds. The van der Waals surface area contributed by atoms with E-state index in [-0.39, 0.29) is 30.3 Å². The number of alkyl halides is 2. The Kier molecular flexibility index (Phi) is 7.81. The molecule has 2 saturated heterocycles. The molecule has 0 spiro atoms. The molecule has 0 radical (unpaired) electrons. The van der Waals surface area contributed by atoms with Crippen molar-refractivity contribution in [3.63, 3.8) is 0 Å². The molecule has 8 nitrogen and oxygen atoms in total. The van der Waals surface area contributed by atoms with Gasteiger partial charge in [-0.05, 0) is 57.7 Å². The Hall–Kier alpha value is -2.85. The zero-order valence-corrected chi connectivity index (χ0v) is 20.3. The van der Waals surface area contributed by atoms with Crippen molar-refractivity contribution in [2.24, 2.45) is 10.7 Å². The second-order valence-electron chi connectivity index (χ2n) is 9.48. The number of hydrogen-bond acceptors (Lipinski definition) is 5. The molecule has 10 heteroatoms. The predicted octanol–water partition coefficient (Wildman–Crippen LogP) is 3.77. The van der Waals surface area contributed by atoms with Crippen LogP contribution in [-0.4, -0.2) is 70.7 Å². The Balaban J connectivity index is 1.40. The van der Waals surface area contributed by atoms with Gasteiger partial charge in [-0.25, -0.2) is 13.8 Å². The van der Waals surface area contributed by atoms with E-state index in [2.05, 4.69) is 9.98 Å². The highest BCUT2D eigenvalue weighted by Gasteiger charge is 2.36. The number of imidazole rings is 1. The first-order valence-corrected chi connectivity index (χ1v) is 12.0. The smallest absolute Gasteiger partial charge is 0.295 e. The fourth-order valence-electron chi connectivity index (χ4n) is 4.74. The lowest BCUT2D eigenvalue weighted by Crippen LogP contribution is -2.37. The van der Waals surface area contributed by atoms with Crippen LogP contribution in [0.4, 0.5) is 8.78 Å². The molecule has 2 N–H and O–H groups in total. The number of rotatable bonds is 8. The van der Waals surface area contributed by atoms with Crippen LogP contribution in [0.2, 0.25) is 0 Å². The molecule has 0 aliphatic carbocycles. The topological polar surface area (TPSA) is 95.0 Å². The maximum Gasteiger partial charge on any atom is 0.295 e. The van der Waals surface area contributed by atoms with Gasteiger partial charge in [0.2, 0.25) is 5.91 Å². The highest BCUT2D eigenvalue weighted by Crippen LogP contribution is 2.28. The van der Waals surface area contributed by atoms with Crippen LogP contribution in [0.5, 0.6) is 0 Å². The summed E-state index contributed by atoms with van der Waals surface area (Å²) in [5.41, 5.74) is 7.20. The van der Waals surface area contributed by atoms with E-state index in [1.54, 1.807) is 42.2 Å². The molecule has 2 aliphatic heterocycles. The van der Waals surface area contributed by atoms with Crippen LogP contribution in [0, 0.1) is 0 Å². The number of halogens is 2. The van der Waals surface area contributed by atoms with E-state index in [1.807, 2.05) is 6.92 Å². The number of fused-ring (bicyclic) bond motifs is 1. The van der Waals surface area contributed by atoms with Crippen molar-refractivity contribution in [3.8, 4) is 0 Å². The minimum atomic E-state index is -2.73. The molecule has 1 aromatic heterocycles. The third-order valence-corrected chi connectivity index (χ3v) is 6.50. The van der Waals surface area contributed by atoms with Gasteiger partial charge >= 0.3 is 0 Å². The Bertz CT molecular complexity index is 1110. The second kappa shape index (κ2) is 10.8. The number of benzene rings is 1. The molecule has 1 aromatic carbocycles. The van der Waals surface area contributed by atoms with Gasteiger partial charge in [0, 0.05) is 25.4 Å². The SMILES string of the molecule is C/C(=C\C(N)=N[C@]1(C)CCN(C(=O)COCC2CCCCO2)C1)n1c(C(F)F)nc2ccccc21. The minimum absolute atomic E-state index is 0.0122. The van der Waals surface area contributed by atoms with Crippen molar-refractivity contribution < 1.29 is 23.0 Å². The summed E-state index contributed by atoms with van der Waals surface area (Å²) in [7, 11) is 0. The van der Waals surface area contributed by atoms with Gasteiger partial charge in [-0.2, -0.15) is 0 Å². The largest absolute Gasteiger partial charge is 0.384 e. The minimum Gasteiger partial charge on any atom is -0.384 e. The summed E-state index contributed by atoms with van der Waals surface area (Å²) < 4.78 is 39.9. The summed E-state index contributed by atoms with van der Waals surface area (Å²) in [5, 5.41) is 0. The first kappa shape index (κ1) is 25.2. The van der Waals surface area contributed by atoms with Crippen molar-refractivity contribution in [2.45, 2.75) is 57.6 Å². The van der Waals surface area contributed by atoms with Crippen LogP contribution >= 0.6 is 0 Å². The number of ether oxygens (including phenoxy) is 2. The zero-order chi connectivity index (χ0) is 25.0. The van der Waals surface area contributed by atoms with Crippen LogP contribution in [0.3, 0.4) is 0 Å². The van der Waals surface area contributed by atoms with E-state index in [0.717, 1.165) is 25.9 Å². The number of para-hydroxylation sites is 2. The number of amidine groups is 1. The molecule has 3 heterocycles. The van der Waals surface area contributed by atoms with Crippen molar-refractivity contribution >= 4 is 28.5 Å². The van der Waals surface area contributed by atoms with Crippen LogP contribution < -0.4 is 5.73 Å². The van der Waals surface area contributed by atoms with E-state index >= 15 is 0 Å². The highest BCUT2D eigenvalue weighted by atomic mass is 19.3. The first-order valence-electron chi connectivity index (χ1n) is 12.0. The summed E-state index contributed by atoms with van der Waals surface area (Å²) in [5.74, 6) is -0.213. The predicted molar refractivity (Wildman–Crippen MR) is 130 cm³/mol. The lowest BCUT2D eigenvalue weighted by atomic mass is 10.0. The van der Waals surface area contributed by atoms with Gasteiger partial charge in [0.25, 0.3) is 6.43 Å². The monoisotopic (exact) mass is 489 g/mol. The Morgan fingerprint density at radius 3 is 2.94 bits per heavy atom. The molecule has 0 bridgehead atoms. The average Bonchev–Trinajstić information content (AvgIpc) is 3.41. The van der Waals surface area contributed by atoms with E-state index in [9.17, 15) is 13.6 Å². The summed E-state index contributed by atoms with van der Waals surface area (Å²) in [6.07, 6.45) is 2.72. The molecule has 1 unspecified atom stereocenters. The molecule has 4 rings (SSSR count). The van der Waals surface area contributed by atoms with E-state index < -0.39 is 12.0 Å². The lowest BCUT2D eigenvalue weighted by Gasteiger charge is -2.23. The zero-order valence-electron chi connectivity index (χ0n) is 20.3. The van der Waals surface area contributed by atoms with Crippen LogP contribution in [0.15, 0.2) is 35.3 Å². The van der Waals surface area contributed by atoms with Crippen molar-refractivity contribution in [2.75, 3.05) is 32.9 Å². The molecule has 2 aliphatic rings. The maximum absolute atomic E-state index is 13.6. The number of aliphatic imine (C=N–C) groups is 1. The van der Waals surface area contributed by atoms with Crippen LogP contribution in [0.1, 0.15) is 51.8 Å². The van der Waals surface area contributed by atoms with Crippen LogP contribution in [-0.2, 0) is 14.3 Å². The number of carbonyl (C=O) groups is 1. The molecular formula is C25H33F2N5O3. The Morgan fingerprint density at radius 2 is 2.20 bits per heavy atom. The Labute approximate surface area is 203 Å². The first-order chi connectivity index (χ1) is 16.8. The molecule has 35 heavy (non-hydrogen) atoms. The molecular weight excluding hydrogens is 456 g/mol. The normalized spacial score (nSPS) is 24.0. The van der Waals surface area contributed by atoms with Gasteiger partial charge < -0.3 is 20.1 Å². The molecule has 2 aromatic rings. The number of allylic oxidation sites excluding steroid dienone is 1. The number of hydrogen-bond donors (Lipinski definition) is 1. The number of nitrogens with zero attached hydrogens (tertiary/aromatic N) is 4. The molecule has 2 atom stereocenters. The standard InChI is InChI=1S/C25H33F2N5O3/c1-17(32-20-9-4-3-8-19(20)29-24(32)23(26)27)13-21(28)30-25(2)10-11-31(16-25)22(33)15-34-14-18-7-5-6-12-35-18/h3-4,8-9,13,18,23H,5-7,10-12,14-16H2,1-2H3,(H2,28,30)/b17-13+/t18?,25-/m1/s1. The third-order valence-electron chi connectivity index (χ3n) is 6.50. The summed E-state index contributed by atoms with van der Waals surface area (Å²) in [6.45, 7) is 5.79. The lowest BCUT2D eigenvalue weighted by molar-refractivity contribution is -0.137. The second-order valence-corrected chi connectivity index (χ2v) is 9.48. The molecule has 2 fully saturated rings. The quantitative estimate of drug-likeness (QED) is 0.450. The summed E-state index contributed by atoms with van der Waals surface area (Å²) >= 11 is 0. The summed E-state index contributed by atoms with van der Waals surface area (Å²) in [4.78, 5) is 23.0. The summed E-state index contributed by atoms with van der Waals surface area (Å²) in [6, 6.07) is 6.97. The maximum atomic E-state index is 13.6. The van der Waals surface area contributed by atoms with Crippen LogP contribution in [0.25, 0.3) is 16.7 Å². The fourth-order valence-corrected chi connectivity index (χ4v) is 4.74. The number of amides is 1. The number of carbonyl (C=O) groups excluding carboxylic acids is 1. The van der Waals surface area contributed by atoms with E-state index in [0.29, 0.717) is 42.8 Å². The van der Waals surface area contributed by atoms with Crippen molar-refractivity contribution in [1.29, 1.82) is 0 Å². The number of aromatic nitrogens is 2. The van der Waals surface area contributed by atoms with Gasteiger partial charge in [0.15, 0.2) is 5.82 Å². The van der Waals surface area contributed by atoms with Gasteiger partial charge in [-0.1, -0.05) is 12.1 Å². The van der Waals surface area contributed by atoms with Crippen molar-refractivity contribution in [1.82, 2.24) is 14.5 Å². The van der Waals surface area contributed by atoms with Gasteiger partial charge in [0.1, 0.15) is 12.4 Å². The van der Waals surface area contributed by atoms with E-state index in [4.69, 9.17) is 15.2 Å². The molecule has 190 valence electrons. The third kappa shape index (κ3) is 6.05. The highest BCUT2D eigenvalue weighted by molar-refractivity contribution is 5.97. The van der Waals surface area contributed by atoms with Gasteiger partial charge in [0.05, 0.1) is 29.3 Å². The fraction of sp³-hybridized carbons (Fsp3) is 0.560. The Morgan fingerprint density at radius 1 is 1.40 bits per heavy atom. The molecule has 0 saturated carbocycles. The number of likely N-dealkylation sites (tertiary alicyclic amines) is 1. The number of nitrogens with two attached hydrogens (primary N) is 1. The van der Waals surface area contributed by atoms with Crippen molar-refractivity contribution in [3.05, 3.63) is 36.2 Å². The average molecular weight is 490 g/mol.